The highest BCUT2D eigenvalue weighted by Gasteiger charge is 2.38. The van der Waals surface area contributed by atoms with Gasteiger partial charge in [-0.1, -0.05) is 12.1 Å². The van der Waals surface area contributed by atoms with Crippen LogP contribution in [0.25, 0.3) is 20.8 Å². The number of hydrogen-bond acceptors (Lipinski definition) is 12. The third-order valence-electron chi connectivity index (χ3n) is 8.79. The molecule has 53 heavy (non-hydrogen) atoms. The average molecular weight is 821 g/mol. The van der Waals surface area contributed by atoms with Crippen LogP contribution in [0.2, 0.25) is 12.1 Å². The molecule has 1 aliphatic heterocycles. The van der Waals surface area contributed by atoms with Gasteiger partial charge < -0.3 is 36.6 Å². The maximum Gasteiger partial charge on any atom is 0.500 e. The van der Waals surface area contributed by atoms with E-state index in [-0.39, 0.29) is 10.5 Å². The second-order valence-electron chi connectivity index (χ2n) is 12.4. The number of rotatable bonds is 23. The molecular weight excluding hydrogens is 767 g/mol. The van der Waals surface area contributed by atoms with Crippen molar-refractivity contribution in [2.75, 3.05) is 80.2 Å². The lowest BCUT2D eigenvalue weighted by molar-refractivity contribution is -0.116. The summed E-state index contributed by atoms with van der Waals surface area (Å²) >= 11 is 5.48. The first-order chi connectivity index (χ1) is 25.6. The molecule has 0 unspecified atom stereocenters. The van der Waals surface area contributed by atoms with Crippen molar-refractivity contribution >= 4 is 74.3 Å². The van der Waals surface area contributed by atoms with Gasteiger partial charge >= 0.3 is 17.6 Å². The van der Waals surface area contributed by atoms with Crippen molar-refractivity contribution in [3.63, 3.8) is 0 Å². The number of carbonyl (C=O) groups is 1. The van der Waals surface area contributed by atoms with Crippen LogP contribution in [0.15, 0.2) is 60.7 Å². The monoisotopic (exact) mass is 820 g/mol. The van der Waals surface area contributed by atoms with E-state index in [1.807, 2.05) is 74.0 Å². The number of carbonyl (C=O) groups excluding carboxylic acids is 1. The highest BCUT2D eigenvalue weighted by Crippen LogP contribution is 2.41. The summed E-state index contributed by atoms with van der Waals surface area (Å²) in [4.78, 5) is 18.7. The molecule has 290 valence electrons. The minimum absolute atomic E-state index is 0.0448. The number of amides is 1. The molecule has 2 aliphatic rings. The normalized spacial score (nSPS) is 12.2. The van der Waals surface area contributed by atoms with Crippen molar-refractivity contribution in [2.45, 2.75) is 42.4 Å². The third-order valence-corrected chi connectivity index (χ3v) is 18.6. The maximum atomic E-state index is 12.8. The van der Waals surface area contributed by atoms with Crippen LogP contribution in [0.5, 0.6) is 5.75 Å². The van der Waals surface area contributed by atoms with Gasteiger partial charge in [0.25, 0.3) is 0 Å². The molecular formula is C37H54N3O8S3Si2+. The highest BCUT2D eigenvalue weighted by atomic mass is 32.2. The summed E-state index contributed by atoms with van der Waals surface area (Å²) in [5, 5.41) is 4.17. The zero-order valence-electron chi connectivity index (χ0n) is 32.1. The molecule has 2 aromatic rings. The van der Waals surface area contributed by atoms with E-state index in [2.05, 4.69) is 34.2 Å². The second-order valence-corrected chi connectivity index (χ2v) is 22.4. The number of nitrogens with one attached hydrogen (secondary N) is 1. The number of nitrogens with zero attached hydrogens (tertiary/aromatic N) is 2. The maximum absolute atomic E-state index is 12.8. The lowest BCUT2D eigenvalue weighted by Gasteiger charge is -2.25. The van der Waals surface area contributed by atoms with Crippen molar-refractivity contribution in [1.82, 2.24) is 9.56 Å². The van der Waals surface area contributed by atoms with E-state index in [4.69, 9.17) is 36.3 Å². The van der Waals surface area contributed by atoms with Crippen molar-refractivity contribution in [3.05, 3.63) is 71.6 Å². The Labute approximate surface area is 328 Å². The fourth-order valence-corrected chi connectivity index (χ4v) is 13.4. The van der Waals surface area contributed by atoms with Gasteiger partial charge in [-0.15, -0.1) is 34.9 Å². The molecule has 4 rings (SSSR count). The molecule has 1 aliphatic carbocycles. The number of hydrogen-bond donors (Lipinski definition) is 1. The minimum Gasteiger partial charge on any atom is -0.494 e. The van der Waals surface area contributed by atoms with Gasteiger partial charge in [-0.25, -0.2) is 9.56 Å². The first-order valence-electron chi connectivity index (χ1n) is 17.5. The number of ether oxygens (including phenoxy) is 1. The summed E-state index contributed by atoms with van der Waals surface area (Å²) in [6, 6.07) is 21.9. The zero-order chi connectivity index (χ0) is 38.3. The first-order valence-corrected chi connectivity index (χ1v) is 24.3. The Balaban J connectivity index is 1.28. The highest BCUT2D eigenvalue weighted by molar-refractivity contribution is 8.16. The minimum atomic E-state index is -2.61. The first kappa shape index (κ1) is 43.4. The molecule has 0 radical (unpaired) electrons. The molecule has 1 amide bonds. The summed E-state index contributed by atoms with van der Waals surface area (Å²) in [7, 11) is 8.75. The molecule has 0 spiro atoms. The summed E-state index contributed by atoms with van der Waals surface area (Å²) in [6.07, 6.45) is 2.79. The van der Waals surface area contributed by atoms with E-state index in [1.165, 1.54) is 5.56 Å². The lowest BCUT2D eigenvalue weighted by Crippen LogP contribution is -2.42. The molecule has 11 nitrogen and oxygen atoms in total. The standard InChI is InChI=1S/C37H53N3O8S3Si2/c1-40(2)30-16-20-33-35(27-30)51-34-26-29(15-19-32(34)39-33)38-36(41)12-9-21-48-31-17-13-28(14-18-31)37(49-22-10-24-52(42-3,43-4)44-5)50-23-11-25-53(45-6,46-7)47-8/h13-20,26-27,37H,9-12,21-25H2,1-8H3/p+1. The van der Waals surface area contributed by atoms with E-state index >= 15 is 0 Å². The van der Waals surface area contributed by atoms with E-state index in [0.717, 1.165) is 74.0 Å². The van der Waals surface area contributed by atoms with Crippen LogP contribution in [0.1, 0.15) is 35.8 Å². The van der Waals surface area contributed by atoms with Crippen molar-refractivity contribution in [1.29, 1.82) is 0 Å². The van der Waals surface area contributed by atoms with Gasteiger partial charge in [0, 0.05) is 79.0 Å². The van der Waals surface area contributed by atoms with Crippen LogP contribution in [0.4, 0.5) is 5.69 Å². The van der Waals surface area contributed by atoms with E-state index in [1.54, 1.807) is 54.0 Å². The van der Waals surface area contributed by atoms with Gasteiger partial charge in [-0.2, -0.15) is 0 Å². The van der Waals surface area contributed by atoms with Crippen LogP contribution in [0.3, 0.4) is 0 Å². The Morgan fingerprint density at radius 3 is 1.96 bits per heavy atom. The predicted octanol–water partition coefficient (Wildman–Crippen LogP) is 7.23. The molecule has 0 atom stereocenters. The number of benzene rings is 3. The van der Waals surface area contributed by atoms with Crippen LogP contribution in [0, 0.1) is 0 Å². The molecule has 1 N–H and O–H groups in total. The van der Waals surface area contributed by atoms with Gasteiger partial charge in [0.1, 0.15) is 19.8 Å². The topological polar surface area (TPSA) is 110 Å². The van der Waals surface area contributed by atoms with E-state index < -0.39 is 17.6 Å². The van der Waals surface area contributed by atoms with Crippen molar-refractivity contribution in [3.8, 4) is 16.3 Å². The fourth-order valence-electron chi connectivity index (χ4n) is 5.65. The SMILES string of the molecule is CO[Si](CCCSC(SCCC[Si](OC)(OC)OC)c1ccc(OCCCC(=O)Nc2ccc3nc4ccc(=[N+](C)C)cc-4sc3c2)cc1)(OC)OC. The van der Waals surface area contributed by atoms with Crippen LogP contribution < -0.4 is 20.0 Å². The van der Waals surface area contributed by atoms with Gasteiger partial charge in [-0.05, 0) is 72.7 Å². The quantitative estimate of drug-likeness (QED) is 0.0269. The Morgan fingerprint density at radius 2 is 1.40 bits per heavy atom. The zero-order valence-corrected chi connectivity index (χ0v) is 36.5. The molecule has 0 aromatic heterocycles. The smallest absolute Gasteiger partial charge is 0.494 e. The predicted molar refractivity (Wildman–Crippen MR) is 223 cm³/mol. The number of aromatic nitrogens is 1. The van der Waals surface area contributed by atoms with Crippen molar-refractivity contribution < 1.29 is 36.1 Å². The fraction of sp³-hybridized carbons (Fsp3) is 0.486. The molecule has 2 aromatic carbocycles. The number of thioether (sulfide) groups is 2. The van der Waals surface area contributed by atoms with Crippen LogP contribution in [-0.2, 0) is 31.4 Å². The summed E-state index contributed by atoms with van der Waals surface area (Å²) in [6.45, 7) is 0.442. The molecule has 0 bridgehead atoms. The van der Waals surface area contributed by atoms with Gasteiger partial charge in [0.05, 0.1) is 32.0 Å². The Hall–Kier alpha value is -2.36. The number of fused-ring (bicyclic) bond motifs is 2. The Bertz CT molecular complexity index is 1730. The third kappa shape index (κ3) is 12.6. The van der Waals surface area contributed by atoms with Gasteiger partial charge in [0.2, 0.25) is 11.3 Å². The lowest BCUT2D eigenvalue weighted by atomic mass is 10.2. The van der Waals surface area contributed by atoms with Crippen LogP contribution >= 0.6 is 34.9 Å². The van der Waals surface area contributed by atoms with Gasteiger partial charge in [-0.3, -0.25) is 4.79 Å². The Morgan fingerprint density at radius 1 is 0.792 bits per heavy atom. The molecule has 16 heteroatoms. The summed E-state index contributed by atoms with van der Waals surface area (Å²) < 4.78 is 43.0. The largest absolute Gasteiger partial charge is 0.500 e. The van der Waals surface area contributed by atoms with Gasteiger partial charge in [0.15, 0.2) is 0 Å². The number of anilines is 1. The van der Waals surface area contributed by atoms with E-state index in [9.17, 15) is 4.79 Å². The molecule has 0 fully saturated rings. The summed E-state index contributed by atoms with van der Waals surface area (Å²) in [5.41, 5.74) is 3.85. The second kappa shape index (κ2) is 21.7. The van der Waals surface area contributed by atoms with Crippen molar-refractivity contribution in [2.24, 2.45) is 0 Å². The molecule has 1 heterocycles. The van der Waals surface area contributed by atoms with Crippen LogP contribution in [-0.4, -0.2) is 103 Å². The Kier molecular flexibility index (Phi) is 17.7. The molecule has 0 saturated heterocycles. The molecule has 0 saturated carbocycles. The van der Waals surface area contributed by atoms with E-state index in [0.29, 0.717) is 19.4 Å². The average Bonchev–Trinajstić information content (AvgIpc) is 3.18. The summed E-state index contributed by atoms with van der Waals surface area (Å²) in [5.74, 6) is 2.60.